The third kappa shape index (κ3) is 2.79. The summed E-state index contributed by atoms with van der Waals surface area (Å²) in [6.07, 6.45) is -2.22. The lowest BCUT2D eigenvalue weighted by molar-refractivity contribution is -0.0238. The monoisotopic (exact) mass is 335 g/mol. The molecule has 24 heavy (non-hydrogen) atoms. The van der Waals surface area contributed by atoms with Gasteiger partial charge in [-0.1, -0.05) is 6.92 Å². The predicted octanol–water partition coefficient (Wildman–Crippen LogP) is 1.43. The highest BCUT2D eigenvalue weighted by Gasteiger charge is 2.44. The molecule has 1 saturated heterocycles. The average Bonchev–Trinajstić information content (AvgIpc) is 3.10. The molecule has 1 N–H and O–H groups in total. The fourth-order valence-electron chi connectivity index (χ4n) is 2.74. The van der Waals surface area contributed by atoms with Crippen molar-refractivity contribution in [1.29, 1.82) is 5.26 Å². The number of nitrogens with zero attached hydrogens (tertiary/aromatic N) is 5. The molecule has 1 fully saturated rings. The summed E-state index contributed by atoms with van der Waals surface area (Å²) in [6, 6.07) is 1.98. The van der Waals surface area contributed by atoms with Crippen molar-refractivity contribution < 1.29 is 19.0 Å². The molecule has 128 valence electrons. The van der Waals surface area contributed by atoms with E-state index in [1.54, 1.807) is 6.92 Å². The third-order valence-corrected chi connectivity index (χ3v) is 3.92. The van der Waals surface area contributed by atoms with E-state index < -0.39 is 24.6 Å². The van der Waals surface area contributed by atoms with Crippen LogP contribution in [-0.2, 0) is 4.74 Å². The molecule has 0 aromatic carbocycles. The first-order valence-corrected chi connectivity index (χ1v) is 7.75. The van der Waals surface area contributed by atoms with Crippen LogP contribution in [0.15, 0.2) is 6.33 Å². The minimum Gasteiger partial charge on any atom is -0.475 e. The van der Waals surface area contributed by atoms with Crippen LogP contribution in [-0.4, -0.2) is 49.6 Å². The van der Waals surface area contributed by atoms with E-state index in [0.29, 0.717) is 23.4 Å². The average molecular weight is 335 g/mol. The fraction of sp³-hybridized carbons (Fsp3) is 0.600. The smallest absolute Gasteiger partial charge is 0.245 e. The normalized spacial score (nSPS) is 26.6. The minimum atomic E-state index is -1.58. The van der Waals surface area contributed by atoms with Crippen LogP contribution in [0.2, 0.25) is 0 Å². The Balaban J connectivity index is 1.97. The number of aliphatic hydroxyl groups excluding tert-OH is 1. The molecule has 0 saturated carbocycles. The minimum absolute atomic E-state index is 0.178. The Bertz CT molecular complexity index is 774. The van der Waals surface area contributed by atoms with Gasteiger partial charge in [0.05, 0.1) is 24.9 Å². The molecule has 8 nitrogen and oxygen atoms in total. The van der Waals surface area contributed by atoms with E-state index in [4.69, 9.17) is 14.7 Å². The van der Waals surface area contributed by atoms with Gasteiger partial charge in [-0.05, 0) is 13.3 Å². The van der Waals surface area contributed by atoms with Crippen LogP contribution in [0.4, 0.5) is 4.39 Å². The molecule has 3 rings (SSSR count). The molecular formula is C15H18FN5O3. The van der Waals surface area contributed by atoms with Gasteiger partial charge in [-0.2, -0.15) is 10.2 Å². The lowest BCUT2D eigenvalue weighted by Crippen LogP contribution is -2.27. The second-order valence-electron chi connectivity index (χ2n) is 5.56. The number of aryl methyl sites for hydroxylation is 1. The summed E-state index contributed by atoms with van der Waals surface area (Å²) in [5.41, 5.74) is 0.731. The molecule has 0 amide bonds. The van der Waals surface area contributed by atoms with Crippen molar-refractivity contribution >= 4 is 11.2 Å². The lowest BCUT2D eigenvalue weighted by Gasteiger charge is -2.15. The molecule has 2 aromatic rings. The van der Waals surface area contributed by atoms with Crippen molar-refractivity contribution in [3.63, 3.8) is 0 Å². The topological polar surface area (TPSA) is 106 Å². The molecule has 1 unspecified atom stereocenters. The van der Waals surface area contributed by atoms with Gasteiger partial charge in [0.15, 0.2) is 23.6 Å². The molecule has 1 aliphatic rings. The number of aliphatic hydroxyl groups is 1. The molecule has 0 bridgehead atoms. The number of halogens is 1. The highest BCUT2D eigenvalue weighted by atomic mass is 19.1. The Hall–Kier alpha value is -2.31. The van der Waals surface area contributed by atoms with Crippen LogP contribution in [0.5, 0.6) is 5.88 Å². The fourth-order valence-corrected chi connectivity index (χ4v) is 2.74. The number of nitriles is 1. The summed E-state index contributed by atoms with van der Waals surface area (Å²) in [5, 5.41) is 18.5. The summed E-state index contributed by atoms with van der Waals surface area (Å²) in [4.78, 5) is 12.7. The van der Waals surface area contributed by atoms with E-state index in [1.165, 1.54) is 10.9 Å². The summed E-state index contributed by atoms with van der Waals surface area (Å²) in [7, 11) is 0. The zero-order valence-corrected chi connectivity index (χ0v) is 13.4. The van der Waals surface area contributed by atoms with Crippen LogP contribution >= 0.6 is 0 Å². The third-order valence-electron chi connectivity index (χ3n) is 3.92. The maximum atomic E-state index is 14.4. The maximum absolute atomic E-state index is 14.4. The van der Waals surface area contributed by atoms with Crippen molar-refractivity contribution in [2.45, 2.75) is 51.3 Å². The molecule has 4 atom stereocenters. The number of rotatable bonds is 5. The highest BCUT2D eigenvalue weighted by Crippen LogP contribution is 2.35. The maximum Gasteiger partial charge on any atom is 0.245 e. The summed E-state index contributed by atoms with van der Waals surface area (Å²) < 4.78 is 27.0. The van der Waals surface area contributed by atoms with Crippen molar-refractivity contribution in [2.75, 3.05) is 6.61 Å². The molecule has 1 aliphatic heterocycles. The van der Waals surface area contributed by atoms with Crippen LogP contribution < -0.4 is 4.74 Å². The van der Waals surface area contributed by atoms with Gasteiger partial charge >= 0.3 is 0 Å². The van der Waals surface area contributed by atoms with Gasteiger partial charge in [-0.25, -0.2) is 14.4 Å². The molecule has 0 spiro atoms. The molecule has 2 aromatic heterocycles. The van der Waals surface area contributed by atoms with Crippen molar-refractivity contribution in [2.24, 2.45) is 0 Å². The van der Waals surface area contributed by atoms with Gasteiger partial charge in [0, 0.05) is 0 Å². The van der Waals surface area contributed by atoms with E-state index >= 15 is 0 Å². The molecule has 0 radical (unpaired) electrons. The predicted molar refractivity (Wildman–Crippen MR) is 80.9 cm³/mol. The van der Waals surface area contributed by atoms with E-state index in [9.17, 15) is 9.50 Å². The lowest BCUT2D eigenvalue weighted by atomic mass is 10.1. The highest BCUT2D eigenvalue weighted by molar-refractivity contribution is 5.76. The van der Waals surface area contributed by atoms with E-state index in [2.05, 4.69) is 15.0 Å². The Kier molecular flexibility index (Phi) is 4.59. The van der Waals surface area contributed by atoms with Gasteiger partial charge in [0.1, 0.15) is 18.5 Å². The van der Waals surface area contributed by atoms with Crippen LogP contribution in [0.25, 0.3) is 11.2 Å². The molecular weight excluding hydrogens is 317 g/mol. The number of fused-ring (bicyclic) bond motifs is 1. The second kappa shape index (κ2) is 6.67. The molecule has 0 aliphatic carbocycles. The first-order chi connectivity index (χ1) is 11.6. The van der Waals surface area contributed by atoms with E-state index in [-0.39, 0.29) is 18.9 Å². The number of hydrogen-bond acceptors (Lipinski definition) is 7. The quantitative estimate of drug-likeness (QED) is 0.824. The summed E-state index contributed by atoms with van der Waals surface area (Å²) in [6.45, 7) is 3.68. The van der Waals surface area contributed by atoms with Gasteiger partial charge < -0.3 is 14.6 Å². The number of ether oxygens (including phenoxy) is 2. The van der Waals surface area contributed by atoms with Crippen LogP contribution in [0.1, 0.15) is 31.8 Å². The van der Waals surface area contributed by atoms with Gasteiger partial charge in [-0.15, -0.1) is 0 Å². The number of imidazole rings is 1. The van der Waals surface area contributed by atoms with Crippen LogP contribution in [0, 0.1) is 18.3 Å². The zero-order chi connectivity index (χ0) is 17.3. The first kappa shape index (κ1) is 16.5. The van der Waals surface area contributed by atoms with Gasteiger partial charge in [-0.3, -0.25) is 4.57 Å². The Morgan fingerprint density at radius 1 is 1.50 bits per heavy atom. The Morgan fingerprint density at radius 3 is 2.96 bits per heavy atom. The van der Waals surface area contributed by atoms with Crippen molar-refractivity contribution in [1.82, 2.24) is 19.5 Å². The van der Waals surface area contributed by atoms with Gasteiger partial charge in [0.25, 0.3) is 0 Å². The van der Waals surface area contributed by atoms with Gasteiger partial charge in [0.2, 0.25) is 5.88 Å². The SMILES string of the molecule is CC[C@H]1O[C@@H](n2cnc3c(OCCC#N)nc(C)nc32)C(F)[C@H]1O. The van der Waals surface area contributed by atoms with E-state index in [1.807, 2.05) is 13.0 Å². The number of aromatic nitrogens is 4. The standard InChI is InChI=1S/C15H18FN5O3/c1-3-9-12(22)10(16)15(24-9)21-7-18-11-13(21)19-8(2)20-14(11)23-6-4-5-17/h7,9-10,12,15,22H,3-4,6H2,1-2H3/t9-,10?,12+,15-/m1/s1. The summed E-state index contributed by atoms with van der Waals surface area (Å²) in [5.74, 6) is 0.671. The zero-order valence-electron chi connectivity index (χ0n) is 13.4. The Morgan fingerprint density at radius 2 is 2.29 bits per heavy atom. The number of hydrogen-bond donors (Lipinski definition) is 1. The molecule has 3 heterocycles. The van der Waals surface area contributed by atoms with Crippen molar-refractivity contribution in [3.05, 3.63) is 12.2 Å². The second-order valence-corrected chi connectivity index (χ2v) is 5.56. The van der Waals surface area contributed by atoms with Crippen LogP contribution in [0.3, 0.4) is 0 Å². The first-order valence-electron chi connectivity index (χ1n) is 7.75. The largest absolute Gasteiger partial charge is 0.475 e. The molecule has 9 heteroatoms. The van der Waals surface area contributed by atoms with Crippen molar-refractivity contribution in [3.8, 4) is 11.9 Å². The Labute approximate surface area is 137 Å². The number of alkyl halides is 1. The summed E-state index contributed by atoms with van der Waals surface area (Å²) >= 11 is 0. The van der Waals surface area contributed by atoms with E-state index in [0.717, 1.165) is 0 Å².